The van der Waals surface area contributed by atoms with Crippen LogP contribution in [0.3, 0.4) is 0 Å². The second-order valence-electron chi connectivity index (χ2n) is 3.75. The van der Waals surface area contributed by atoms with Crippen LogP contribution in [0.5, 0.6) is 0 Å². The number of hydrogen-bond acceptors (Lipinski definition) is 4. The Kier molecular flexibility index (Phi) is 3.93. The summed E-state index contributed by atoms with van der Waals surface area (Å²) < 4.78 is 40.7. The van der Waals surface area contributed by atoms with Crippen molar-refractivity contribution < 1.29 is 17.2 Å². The van der Waals surface area contributed by atoms with Crippen molar-refractivity contribution in [2.75, 3.05) is 5.32 Å². The van der Waals surface area contributed by atoms with Crippen molar-refractivity contribution in [2.24, 2.45) is 5.14 Å². The van der Waals surface area contributed by atoms with E-state index in [0.29, 0.717) is 15.9 Å². The molecule has 0 bridgehead atoms. The second-order valence-corrected chi connectivity index (χ2v) is 6.09. The lowest BCUT2D eigenvalue weighted by molar-refractivity contribution is 0.419. The number of nitrogens with one attached hydrogen (secondary N) is 1. The first kappa shape index (κ1) is 14.0. The third kappa shape index (κ3) is 3.55. The van der Waals surface area contributed by atoms with E-state index < -0.39 is 15.8 Å². The van der Waals surface area contributed by atoms with E-state index in [4.69, 9.17) is 9.56 Å². The largest absolute Gasteiger partial charge is 0.446 e. The topological polar surface area (TPSA) is 85.3 Å². The van der Waals surface area contributed by atoms with Crippen LogP contribution in [0.1, 0.15) is 5.76 Å². The summed E-state index contributed by atoms with van der Waals surface area (Å²) in [5, 5.41) is 7.52. The number of hydrogen-bond donors (Lipinski definition) is 2. The zero-order chi connectivity index (χ0) is 14.0. The standard InChI is InChI=1S/C11H10BrFN2O3S/c12-9-3-1-7(5-10(9)13)15-6-8-2-4-11(18-8)19(14,16)17/h1-5,15H,6H2,(H2,14,16,17). The Labute approximate surface area is 117 Å². The maximum absolute atomic E-state index is 13.3. The molecule has 2 rings (SSSR count). The number of primary sulfonamides is 1. The molecule has 0 saturated carbocycles. The molecule has 8 heteroatoms. The Hall–Kier alpha value is -1.38. The molecule has 3 N–H and O–H groups in total. The molecular formula is C11H10BrFN2O3S. The highest BCUT2D eigenvalue weighted by atomic mass is 79.9. The summed E-state index contributed by atoms with van der Waals surface area (Å²) in [5.41, 5.74) is 0.550. The van der Waals surface area contributed by atoms with Crippen molar-refractivity contribution in [2.45, 2.75) is 11.6 Å². The summed E-state index contributed by atoms with van der Waals surface area (Å²) in [5.74, 6) is -0.0120. The van der Waals surface area contributed by atoms with Crippen LogP contribution in [0, 0.1) is 5.82 Å². The van der Waals surface area contributed by atoms with Gasteiger partial charge in [-0.3, -0.25) is 0 Å². The van der Waals surface area contributed by atoms with E-state index in [1.165, 1.54) is 18.2 Å². The summed E-state index contributed by atoms with van der Waals surface area (Å²) in [6, 6.07) is 7.32. The minimum Gasteiger partial charge on any atom is -0.446 e. The number of sulfonamides is 1. The van der Waals surface area contributed by atoms with Crippen molar-refractivity contribution in [1.82, 2.24) is 0 Å². The highest BCUT2D eigenvalue weighted by molar-refractivity contribution is 9.10. The molecule has 0 spiro atoms. The maximum Gasteiger partial charge on any atom is 0.271 e. The molecule has 0 saturated heterocycles. The molecule has 5 nitrogen and oxygen atoms in total. The van der Waals surface area contributed by atoms with Crippen LogP contribution in [-0.2, 0) is 16.6 Å². The molecule has 1 heterocycles. The summed E-state index contributed by atoms with van der Waals surface area (Å²) in [4.78, 5) is 0. The van der Waals surface area contributed by atoms with Crippen LogP contribution < -0.4 is 10.5 Å². The predicted octanol–water partition coefficient (Wildman–Crippen LogP) is 2.44. The van der Waals surface area contributed by atoms with Gasteiger partial charge >= 0.3 is 0 Å². The first-order valence-corrected chi connectivity index (χ1v) is 7.50. The zero-order valence-corrected chi connectivity index (χ0v) is 12.0. The van der Waals surface area contributed by atoms with Gasteiger partial charge in [0, 0.05) is 5.69 Å². The van der Waals surface area contributed by atoms with E-state index in [9.17, 15) is 12.8 Å². The number of anilines is 1. The molecule has 0 amide bonds. The zero-order valence-electron chi connectivity index (χ0n) is 9.56. The third-order valence-corrected chi connectivity index (χ3v) is 3.73. The first-order valence-electron chi connectivity index (χ1n) is 5.17. The van der Waals surface area contributed by atoms with E-state index in [1.807, 2.05) is 0 Å². The Morgan fingerprint density at radius 2 is 2.05 bits per heavy atom. The number of furan rings is 1. The van der Waals surface area contributed by atoms with Gasteiger partial charge in [0.1, 0.15) is 11.6 Å². The summed E-state index contributed by atoms with van der Waals surface area (Å²) in [6.45, 7) is 0.219. The van der Waals surface area contributed by atoms with Crippen molar-refractivity contribution in [3.8, 4) is 0 Å². The summed E-state index contributed by atoms with van der Waals surface area (Å²) in [6.07, 6.45) is 0. The van der Waals surface area contributed by atoms with Crippen molar-refractivity contribution in [3.05, 3.63) is 46.4 Å². The van der Waals surface area contributed by atoms with Gasteiger partial charge in [-0.1, -0.05) is 0 Å². The van der Waals surface area contributed by atoms with E-state index in [2.05, 4.69) is 21.2 Å². The molecule has 1 aromatic carbocycles. The molecule has 19 heavy (non-hydrogen) atoms. The average molecular weight is 349 g/mol. The lowest BCUT2D eigenvalue weighted by atomic mass is 10.3. The fraction of sp³-hybridized carbons (Fsp3) is 0.0909. The van der Waals surface area contributed by atoms with Gasteiger partial charge in [0.2, 0.25) is 5.09 Å². The van der Waals surface area contributed by atoms with Gasteiger partial charge in [0.15, 0.2) is 0 Å². The SMILES string of the molecule is NS(=O)(=O)c1ccc(CNc2ccc(Br)c(F)c2)o1. The third-order valence-electron chi connectivity index (χ3n) is 2.30. The fourth-order valence-corrected chi connectivity index (χ4v) is 2.13. The lowest BCUT2D eigenvalue weighted by Crippen LogP contribution is -2.10. The van der Waals surface area contributed by atoms with E-state index >= 15 is 0 Å². The molecule has 0 radical (unpaired) electrons. The van der Waals surface area contributed by atoms with Crippen LogP contribution in [0.15, 0.2) is 44.3 Å². The van der Waals surface area contributed by atoms with Gasteiger partial charge in [0.05, 0.1) is 11.0 Å². The van der Waals surface area contributed by atoms with Crippen molar-refractivity contribution >= 4 is 31.6 Å². The maximum atomic E-state index is 13.3. The molecule has 0 aliphatic heterocycles. The second kappa shape index (κ2) is 5.32. The molecule has 1 aromatic heterocycles. The highest BCUT2D eigenvalue weighted by Crippen LogP contribution is 2.20. The molecule has 102 valence electrons. The Bertz CT molecular complexity index is 700. The average Bonchev–Trinajstić information content (AvgIpc) is 2.79. The molecule has 0 fully saturated rings. The van der Waals surface area contributed by atoms with Crippen molar-refractivity contribution in [3.63, 3.8) is 0 Å². The normalized spacial score (nSPS) is 11.5. The van der Waals surface area contributed by atoms with Crippen molar-refractivity contribution in [1.29, 1.82) is 0 Å². The van der Waals surface area contributed by atoms with Gasteiger partial charge in [-0.2, -0.15) is 0 Å². The molecule has 2 aromatic rings. The summed E-state index contributed by atoms with van der Waals surface area (Å²) >= 11 is 3.05. The van der Waals surface area contributed by atoms with Crippen LogP contribution in [0.4, 0.5) is 10.1 Å². The number of nitrogens with two attached hydrogens (primary N) is 1. The van der Waals surface area contributed by atoms with E-state index in [1.54, 1.807) is 12.1 Å². The minimum atomic E-state index is -3.84. The Balaban J connectivity index is 2.06. The first-order chi connectivity index (χ1) is 8.86. The van der Waals surface area contributed by atoms with Crippen LogP contribution in [0.25, 0.3) is 0 Å². The number of rotatable bonds is 4. The van der Waals surface area contributed by atoms with Gasteiger partial charge < -0.3 is 9.73 Å². The van der Waals surface area contributed by atoms with Crippen LogP contribution in [0.2, 0.25) is 0 Å². The van der Waals surface area contributed by atoms with Crippen LogP contribution >= 0.6 is 15.9 Å². The Morgan fingerprint density at radius 3 is 2.63 bits per heavy atom. The van der Waals surface area contributed by atoms with Crippen LogP contribution in [-0.4, -0.2) is 8.42 Å². The Morgan fingerprint density at radius 1 is 1.32 bits per heavy atom. The molecule has 0 atom stereocenters. The monoisotopic (exact) mass is 348 g/mol. The quantitative estimate of drug-likeness (QED) is 0.888. The van der Waals surface area contributed by atoms with E-state index in [0.717, 1.165) is 0 Å². The van der Waals surface area contributed by atoms with Gasteiger partial charge in [-0.25, -0.2) is 17.9 Å². The fourth-order valence-electron chi connectivity index (χ4n) is 1.40. The minimum absolute atomic E-state index is 0.219. The summed E-state index contributed by atoms with van der Waals surface area (Å²) in [7, 11) is -3.84. The molecule has 0 aliphatic rings. The van der Waals surface area contributed by atoms with Gasteiger partial charge in [-0.15, -0.1) is 0 Å². The van der Waals surface area contributed by atoms with E-state index in [-0.39, 0.29) is 11.6 Å². The smallest absolute Gasteiger partial charge is 0.271 e. The molecule has 0 aliphatic carbocycles. The number of halogens is 2. The lowest BCUT2D eigenvalue weighted by Gasteiger charge is -2.05. The number of benzene rings is 1. The van der Waals surface area contributed by atoms with Gasteiger partial charge in [0.25, 0.3) is 10.0 Å². The predicted molar refractivity (Wildman–Crippen MR) is 71.5 cm³/mol. The molecule has 0 unspecified atom stereocenters. The van der Waals surface area contributed by atoms with Gasteiger partial charge in [-0.05, 0) is 46.3 Å². The highest BCUT2D eigenvalue weighted by Gasteiger charge is 2.13. The molecular weight excluding hydrogens is 339 g/mol.